The van der Waals surface area contributed by atoms with Crippen LogP contribution in [0.25, 0.3) is 11.5 Å². The highest BCUT2D eigenvalue weighted by molar-refractivity contribution is 5.80. The topological polar surface area (TPSA) is 68.0 Å². The minimum Gasteiger partial charge on any atom is -0.419 e. The second kappa shape index (κ2) is 4.84. The first-order chi connectivity index (χ1) is 9.22. The number of hydrogen-bond donors (Lipinski definition) is 1. The van der Waals surface area contributed by atoms with Crippen LogP contribution in [0.15, 0.2) is 28.7 Å². The Kier molecular flexibility index (Phi) is 3.03. The van der Waals surface area contributed by atoms with Gasteiger partial charge in [-0.1, -0.05) is 17.7 Å². The highest BCUT2D eigenvalue weighted by Crippen LogP contribution is 2.28. The van der Waals surface area contributed by atoms with E-state index in [9.17, 15) is 4.79 Å². The molecule has 0 spiro atoms. The third kappa shape index (κ3) is 2.81. The first-order valence-electron chi connectivity index (χ1n) is 6.39. The van der Waals surface area contributed by atoms with Crippen LogP contribution in [-0.2, 0) is 11.3 Å². The lowest BCUT2D eigenvalue weighted by molar-refractivity contribution is -0.122. The molecule has 98 valence electrons. The molecule has 1 saturated carbocycles. The van der Waals surface area contributed by atoms with Crippen LogP contribution in [0.1, 0.15) is 24.3 Å². The van der Waals surface area contributed by atoms with Gasteiger partial charge >= 0.3 is 0 Å². The summed E-state index contributed by atoms with van der Waals surface area (Å²) in [5.41, 5.74) is 2.03. The van der Waals surface area contributed by atoms with Crippen LogP contribution in [0.2, 0.25) is 0 Å². The van der Waals surface area contributed by atoms with Crippen molar-refractivity contribution < 1.29 is 9.21 Å². The third-order valence-electron chi connectivity index (χ3n) is 3.09. The number of nitrogens with one attached hydrogen (secondary N) is 1. The zero-order valence-electron chi connectivity index (χ0n) is 10.7. The van der Waals surface area contributed by atoms with Crippen LogP contribution in [-0.4, -0.2) is 16.1 Å². The van der Waals surface area contributed by atoms with Gasteiger partial charge in [-0.05, 0) is 31.9 Å². The first-order valence-corrected chi connectivity index (χ1v) is 6.39. The highest BCUT2D eigenvalue weighted by atomic mass is 16.4. The standard InChI is InChI=1S/C14H15N3O2/c1-9-3-2-4-11(7-9)14-17-16-12(19-14)8-15-13(18)10-5-6-10/h2-4,7,10H,5-6,8H2,1H3,(H,15,18). The normalized spacial score (nSPS) is 14.4. The Morgan fingerprint density at radius 2 is 2.26 bits per heavy atom. The number of carbonyl (C=O) groups excluding carboxylic acids is 1. The van der Waals surface area contributed by atoms with Gasteiger partial charge in [-0.25, -0.2) is 0 Å². The Labute approximate surface area is 111 Å². The van der Waals surface area contributed by atoms with Gasteiger partial charge in [0.25, 0.3) is 0 Å². The van der Waals surface area contributed by atoms with E-state index in [1.54, 1.807) is 0 Å². The van der Waals surface area contributed by atoms with Gasteiger partial charge in [0.1, 0.15) is 0 Å². The van der Waals surface area contributed by atoms with Gasteiger partial charge in [0, 0.05) is 11.5 Å². The smallest absolute Gasteiger partial charge is 0.247 e. The number of amides is 1. The van der Waals surface area contributed by atoms with E-state index < -0.39 is 0 Å². The Hall–Kier alpha value is -2.17. The van der Waals surface area contributed by atoms with Crippen LogP contribution in [0, 0.1) is 12.8 Å². The van der Waals surface area contributed by atoms with E-state index in [1.165, 1.54) is 0 Å². The summed E-state index contributed by atoms with van der Waals surface area (Å²) in [5.74, 6) is 1.19. The average Bonchev–Trinajstić information content (AvgIpc) is 3.15. The predicted octanol–water partition coefficient (Wildman–Crippen LogP) is 2.07. The molecule has 1 heterocycles. The van der Waals surface area contributed by atoms with Crippen LogP contribution < -0.4 is 5.32 Å². The molecule has 0 atom stereocenters. The van der Waals surface area contributed by atoms with Gasteiger partial charge in [-0.2, -0.15) is 0 Å². The fourth-order valence-electron chi connectivity index (χ4n) is 1.87. The van der Waals surface area contributed by atoms with E-state index in [2.05, 4.69) is 15.5 Å². The van der Waals surface area contributed by atoms with Crippen molar-refractivity contribution in [2.75, 3.05) is 0 Å². The number of benzene rings is 1. The monoisotopic (exact) mass is 257 g/mol. The van der Waals surface area contributed by atoms with Crippen molar-refractivity contribution in [2.24, 2.45) is 5.92 Å². The maximum Gasteiger partial charge on any atom is 0.247 e. The minimum absolute atomic E-state index is 0.0790. The maximum absolute atomic E-state index is 11.5. The molecule has 3 rings (SSSR count). The highest BCUT2D eigenvalue weighted by Gasteiger charge is 2.29. The number of aromatic nitrogens is 2. The van der Waals surface area contributed by atoms with E-state index in [4.69, 9.17) is 4.42 Å². The van der Waals surface area contributed by atoms with Gasteiger partial charge in [0.2, 0.25) is 17.7 Å². The van der Waals surface area contributed by atoms with Crippen molar-refractivity contribution in [3.8, 4) is 11.5 Å². The Bertz CT molecular complexity index is 602. The van der Waals surface area contributed by atoms with Crippen molar-refractivity contribution in [3.05, 3.63) is 35.7 Å². The minimum atomic E-state index is 0.0790. The molecule has 5 nitrogen and oxygen atoms in total. The summed E-state index contributed by atoms with van der Waals surface area (Å²) >= 11 is 0. The number of hydrogen-bond acceptors (Lipinski definition) is 4. The molecular weight excluding hydrogens is 242 g/mol. The Balaban J connectivity index is 1.67. The number of aryl methyl sites for hydroxylation is 1. The molecule has 0 radical (unpaired) electrons. The molecule has 1 amide bonds. The lowest BCUT2D eigenvalue weighted by atomic mass is 10.1. The van der Waals surface area contributed by atoms with Gasteiger partial charge in [-0.15, -0.1) is 10.2 Å². The number of carbonyl (C=O) groups is 1. The van der Waals surface area contributed by atoms with E-state index in [0.717, 1.165) is 24.0 Å². The zero-order chi connectivity index (χ0) is 13.2. The Morgan fingerprint density at radius 3 is 3.00 bits per heavy atom. The van der Waals surface area contributed by atoms with Crippen LogP contribution in [0.3, 0.4) is 0 Å². The van der Waals surface area contributed by atoms with Gasteiger partial charge < -0.3 is 9.73 Å². The van der Waals surface area contributed by atoms with Crippen molar-refractivity contribution in [3.63, 3.8) is 0 Å². The molecule has 0 bridgehead atoms. The van der Waals surface area contributed by atoms with E-state index in [1.807, 2.05) is 31.2 Å². The van der Waals surface area contributed by atoms with Gasteiger partial charge in [-0.3, -0.25) is 4.79 Å². The van der Waals surface area contributed by atoms with Gasteiger partial charge in [0.15, 0.2) is 0 Å². The summed E-state index contributed by atoms with van der Waals surface area (Å²) in [7, 11) is 0. The third-order valence-corrected chi connectivity index (χ3v) is 3.09. The molecule has 1 aromatic heterocycles. The van der Waals surface area contributed by atoms with Crippen molar-refractivity contribution in [1.82, 2.24) is 15.5 Å². The van der Waals surface area contributed by atoms with Gasteiger partial charge in [0.05, 0.1) is 6.54 Å². The molecule has 5 heteroatoms. The number of rotatable bonds is 4. The van der Waals surface area contributed by atoms with Crippen LogP contribution in [0.5, 0.6) is 0 Å². The largest absolute Gasteiger partial charge is 0.419 e. The second-order valence-corrected chi connectivity index (χ2v) is 4.86. The number of nitrogens with zero attached hydrogens (tertiary/aromatic N) is 2. The van der Waals surface area contributed by atoms with Crippen molar-refractivity contribution >= 4 is 5.91 Å². The molecule has 2 aromatic rings. The average molecular weight is 257 g/mol. The van der Waals surface area contributed by atoms with Crippen LogP contribution in [0.4, 0.5) is 0 Å². The molecule has 0 aliphatic heterocycles. The summed E-state index contributed by atoms with van der Waals surface area (Å²) < 4.78 is 5.54. The van der Waals surface area contributed by atoms with E-state index >= 15 is 0 Å². The SMILES string of the molecule is Cc1cccc(-c2nnc(CNC(=O)C3CC3)o2)c1. The molecule has 19 heavy (non-hydrogen) atoms. The lowest BCUT2D eigenvalue weighted by Crippen LogP contribution is -2.24. The van der Waals surface area contributed by atoms with Crippen LogP contribution >= 0.6 is 0 Å². The Morgan fingerprint density at radius 1 is 1.42 bits per heavy atom. The summed E-state index contributed by atoms with van der Waals surface area (Å²) in [5, 5.41) is 10.7. The summed E-state index contributed by atoms with van der Waals surface area (Å²) in [6.07, 6.45) is 1.98. The maximum atomic E-state index is 11.5. The molecular formula is C14H15N3O2. The molecule has 1 N–H and O–H groups in total. The fraction of sp³-hybridized carbons (Fsp3) is 0.357. The predicted molar refractivity (Wildman–Crippen MR) is 69.0 cm³/mol. The van der Waals surface area contributed by atoms with Crippen molar-refractivity contribution in [2.45, 2.75) is 26.3 Å². The fourth-order valence-corrected chi connectivity index (χ4v) is 1.87. The summed E-state index contributed by atoms with van der Waals surface area (Å²) in [6, 6.07) is 7.87. The molecule has 1 aliphatic carbocycles. The van der Waals surface area contributed by atoms with E-state index in [0.29, 0.717) is 18.3 Å². The summed E-state index contributed by atoms with van der Waals surface area (Å²) in [6.45, 7) is 2.31. The lowest BCUT2D eigenvalue weighted by Gasteiger charge is -1.99. The molecule has 1 fully saturated rings. The van der Waals surface area contributed by atoms with E-state index in [-0.39, 0.29) is 11.8 Å². The first kappa shape index (κ1) is 11.9. The zero-order valence-corrected chi connectivity index (χ0v) is 10.7. The summed E-state index contributed by atoms with van der Waals surface area (Å²) in [4.78, 5) is 11.5. The molecule has 0 unspecified atom stereocenters. The molecule has 1 aliphatic rings. The quantitative estimate of drug-likeness (QED) is 0.910. The molecule has 1 aromatic carbocycles. The molecule has 0 saturated heterocycles. The second-order valence-electron chi connectivity index (χ2n) is 4.86. The van der Waals surface area contributed by atoms with Crippen molar-refractivity contribution in [1.29, 1.82) is 0 Å².